The number of nitrogens with one attached hydrogen (secondary N) is 3. The van der Waals surface area contributed by atoms with E-state index in [0.29, 0.717) is 18.6 Å². The molecule has 1 saturated heterocycles. The van der Waals surface area contributed by atoms with Crippen LogP contribution in [-0.4, -0.2) is 137 Å². The van der Waals surface area contributed by atoms with E-state index in [0.717, 1.165) is 0 Å². The SMILES string of the molecule is CN[C@@H]1[C@@H](O)[C@@H](O[C@@H]2[C@@H](O)[C@H](C3CCC=C(CNC(=O)C(O)CN)O3)[C@@H](N)C[C@H]2NC(=O)[C@@H](O)CN)OC[C@]1(C)O. The van der Waals surface area contributed by atoms with Crippen LogP contribution in [-0.2, 0) is 23.8 Å². The molecule has 0 radical (unpaired) electrons. The van der Waals surface area contributed by atoms with Crippen molar-refractivity contribution in [2.45, 2.75) is 92.8 Å². The second-order valence-electron chi connectivity index (χ2n) is 11.1. The Morgan fingerprint density at radius 3 is 2.46 bits per heavy atom. The van der Waals surface area contributed by atoms with E-state index in [1.54, 1.807) is 13.1 Å². The molecule has 14 N–H and O–H groups in total. The van der Waals surface area contributed by atoms with Crippen molar-refractivity contribution in [3.8, 4) is 0 Å². The number of aliphatic hydroxyl groups is 5. The van der Waals surface area contributed by atoms with Gasteiger partial charge in [0.05, 0.1) is 31.3 Å². The number of carbonyl (C=O) groups excluding carboxylic acids is 2. The van der Waals surface area contributed by atoms with E-state index in [4.69, 9.17) is 31.4 Å². The number of hydrogen-bond donors (Lipinski definition) is 11. The second kappa shape index (κ2) is 14.5. The topological polar surface area (TPSA) is 277 Å². The smallest absolute Gasteiger partial charge is 0.250 e. The zero-order chi connectivity index (χ0) is 30.5. The lowest BCUT2D eigenvalue weighted by Crippen LogP contribution is -2.69. The third-order valence-corrected chi connectivity index (χ3v) is 7.95. The summed E-state index contributed by atoms with van der Waals surface area (Å²) in [5.74, 6) is -1.71. The van der Waals surface area contributed by atoms with Gasteiger partial charge in [-0.05, 0) is 39.3 Å². The molecule has 3 rings (SSSR count). The van der Waals surface area contributed by atoms with Crippen LogP contribution in [0.4, 0.5) is 0 Å². The van der Waals surface area contributed by atoms with Gasteiger partial charge in [0.2, 0.25) is 5.91 Å². The van der Waals surface area contributed by atoms with Crippen LogP contribution < -0.4 is 33.2 Å². The molecule has 2 heterocycles. The monoisotopic (exact) mass is 590 g/mol. The molecular weight excluding hydrogens is 544 g/mol. The summed E-state index contributed by atoms with van der Waals surface area (Å²) in [6.45, 7) is 0.756. The molecule has 12 atom stereocenters. The molecule has 2 amide bonds. The first kappa shape index (κ1) is 33.5. The van der Waals surface area contributed by atoms with Crippen molar-refractivity contribution >= 4 is 11.8 Å². The van der Waals surface area contributed by atoms with Gasteiger partial charge in [0, 0.05) is 25.0 Å². The van der Waals surface area contributed by atoms with Crippen molar-refractivity contribution in [3.63, 3.8) is 0 Å². The Hall–Kier alpha value is -1.96. The number of aliphatic hydroxyl groups excluding tert-OH is 4. The molecule has 0 aromatic carbocycles. The van der Waals surface area contributed by atoms with Crippen LogP contribution >= 0.6 is 0 Å². The zero-order valence-corrected chi connectivity index (χ0v) is 23.4. The molecule has 41 heavy (non-hydrogen) atoms. The molecule has 0 aromatic rings. The molecule has 16 nitrogen and oxygen atoms in total. The average molecular weight is 591 g/mol. The average Bonchev–Trinajstić information content (AvgIpc) is 2.94. The van der Waals surface area contributed by atoms with Gasteiger partial charge in [0.15, 0.2) is 6.29 Å². The summed E-state index contributed by atoms with van der Waals surface area (Å²) >= 11 is 0. The van der Waals surface area contributed by atoms with E-state index >= 15 is 0 Å². The number of allylic oxidation sites excluding steroid dienone is 1. The third-order valence-electron chi connectivity index (χ3n) is 7.95. The van der Waals surface area contributed by atoms with Gasteiger partial charge >= 0.3 is 0 Å². The second-order valence-corrected chi connectivity index (χ2v) is 11.1. The lowest BCUT2D eigenvalue weighted by molar-refractivity contribution is -0.297. The number of ether oxygens (including phenoxy) is 3. The fraction of sp³-hybridized carbons (Fsp3) is 0.840. The lowest BCUT2D eigenvalue weighted by Gasteiger charge is -2.50. The van der Waals surface area contributed by atoms with E-state index in [2.05, 4.69) is 16.0 Å². The first-order valence-electron chi connectivity index (χ1n) is 13.8. The Kier molecular flexibility index (Phi) is 11.8. The summed E-state index contributed by atoms with van der Waals surface area (Å²) in [5, 5.41) is 60.7. The maximum Gasteiger partial charge on any atom is 0.250 e. The van der Waals surface area contributed by atoms with Crippen molar-refractivity contribution in [1.82, 2.24) is 16.0 Å². The molecule has 0 aromatic heterocycles. The number of amides is 2. The zero-order valence-electron chi connectivity index (χ0n) is 23.4. The van der Waals surface area contributed by atoms with Gasteiger partial charge in [-0.1, -0.05) is 0 Å². The van der Waals surface area contributed by atoms with E-state index < -0.39 is 84.4 Å². The van der Waals surface area contributed by atoms with Crippen molar-refractivity contribution in [1.29, 1.82) is 0 Å². The summed E-state index contributed by atoms with van der Waals surface area (Å²) in [5.41, 5.74) is 15.8. The van der Waals surface area contributed by atoms with E-state index in [-0.39, 0.29) is 32.7 Å². The first-order chi connectivity index (χ1) is 19.3. The minimum Gasteiger partial charge on any atom is -0.493 e. The number of carbonyl (C=O) groups is 2. The summed E-state index contributed by atoms with van der Waals surface area (Å²) in [6.07, 6.45) is -5.62. The predicted octanol–water partition coefficient (Wildman–Crippen LogP) is -5.56. The Morgan fingerprint density at radius 1 is 1.17 bits per heavy atom. The number of rotatable bonds is 11. The summed E-state index contributed by atoms with van der Waals surface area (Å²) in [4.78, 5) is 24.5. The number of likely N-dealkylation sites (N-methyl/N-ethyl adjacent to an activating group) is 1. The molecule has 16 heteroatoms. The Balaban J connectivity index is 1.79. The molecule has 3 aliphatic rings. The van der Waals surface area contributed by atoms with Gasteiger partial charge in [0.1, 0.15) is 41.9 Å². The third kappa shape index (κ3) is 7.91. The fourth-order valence-electron chi connectivity index (χ4n) is 5.71. The largest absolute Gasteiger partial charge is 0.493 e. The van der Waals surface area contributed by atoms with Crippen molar-refractivity contribution in [3.05, 3.63) is 11.8 Å². The van der Waals surface area contributed by atoms with E-state index in [9.17, 15) is 35.1 Å². The van der Waals surface area contributed by atoms with E-state index in [1.165, 1.54) is 6.92 Å². The Morgan fingerprint density at radius 2 is 1.83 bits per heavy atom. The maximum atomic E-state index is 12.5. The Bertz CT molecular complexity index is 925. The van der Waals surface area contributed by atoms with Crippen LogP contribution in [0, 0.1) is 5.92 Å². The predicted molar refractivity (Wildman–Crippen MR) is 143 cm³/mol. The van der Waals surface area contributed by atoms with Gasteiger partial charge in [-0.15, -0.1) is 0 Å². The summed E-state index contributed by atoms with van der Waals surface area (Å²) < 4.78 is 17.8. The number of hydrogen-bond acceptors (Lipinski definition) is 14. The van der Waals surface area contributed by atoms with Crippen molar-refractivity contribution < 1.29 is 49.3 Å². The van der Waals surface area contributed by atoms with Crippen molar-refractivity contribution in [2.75, 3.05) is 33.3 Å². The fourth-order valence-corrected chi connectivity index (χ4v) is 5.71. The van der Waals surface area contributed by atoms with Gasteiger partial charge in [-0.25, -0.2) is 0 Å². The highest BCUT2D eigenvalue weighted by atomic mass is 16.7. The van der Waals surface area contributed by atoms with Crippen LogP contribution in [0.3, 0.4) is 0 Å². The summed E-state index contributed by atoms with van der Waals surface area (Å²) in [6, 6.07) is -2.41. The summed E-state index contributed by atoms with van der Waals surface area (Å²) in [7, 11) is 1.57. The van der Waals surface area contributed by atoms with Crippen LogP contribution in [0.15, 0.2) is 11.8 Å². The highest BCUT2D eigenvalue weighted by molar-refractivity contribution is 5.81. The van der Waals surface area contributed by atoms with Crippen LogP contribution in [0.5, 0.6) is 0 Å². The highest BCUT2D eigenvalue weighted by Gasteiger charge is 2.52. The molecule has 2 unspecified atom stereocenters. The normalized spacial score (nSPS) is 39.2. The van der Waals surface area contributed by atoms with E-state index in [1.807, 2.05) is 0 Å². The molecule has 0 bridgehead atoms. The standard InChI is InChI=1S/C25H46N6O10/c1-25(38)10-39-24(19(35)21(25)29-2)41-20-13(31-23(37)15(33)8-27)6-12(28)17(18(20)34)16-5-3-4-11(40-16)9-30-22(36)14(32)7-26/h4,12-21,24,29,32-35,38H,3,5-10,26-28H2,1-2H3,(H,30,36)(H,31,37)/t12-,13+,14?,15-,16?,17-,18-,19+,20-,21+,24+,25-/m0/s1. The minimum atomic E-state index is -1.50. The van der Waals surface area contributed by atoms with Crippen LogP contribution in [0.25, 0.3) is 0 Å². The first-order valence-corrected chi connectivity index (χ1v) is 13.8. The van der Waals surface area contributed by atoms with Gasteiger partial charge in [0.25, 0.3) is 5.91 Å². The molecule has 236 valence electrons. The minimum absolute atomic E-state index is 0.00647. The maximum absolute atomic E-state index is 12.5. The van der Waals surface area contributed by atoms with Crippen molar-refractivity contribution in [2.24, 2.45) is 23.1 Å². The highest BCUT2D eigenvalue weighted by Crippen LogP contribution is 2.36. The molecule has 1 saturated carbocycles. The lowest BCUT2D eigenvalue weighted by atomic mass is 9.73. The van der Waals surface area contributed by atoms with Gasteiger partial charge in [-0.2, -0.15) is 0 Å². The van der Waals surface area contributed by atoms with Gasteiger partial charge < -0.3 is 72.9 Å². The molecular formula is C25H46N6O10. The molecule has 2 fully saturated rings. The van der Waals surface area contributed by atoms with Crippen LogP contribution in [0.1, 0.15) is 26.2 Å². The Labute approximate surface area is 238 Å². The molecule has 1 aliphatic carbocycles. The molecule has 2 aliphatic heterocycles. The molecule has 0 spiro atoms. The van der Waals surface area contributed by atoms with Gasteiger partial charge in [-0.3, -0.25) is 9.59 Å². The number of nitrogens with two attached hydrogens (primary N) is 3. The quantitative estimate of drug-likeness (QED) is 0.107. The van der Waals surface area contributed by atoms with Crippen LogP contribution in [0.2, 0.25) is 0 Å².